The smallest absolute Gasteiger partial charge is 0.154 e. The standard InChI is InChI=1S/C12H24N2O2S/c1-11-5-8-14(7-3-6-13-11)10-12-4-2-9-17(12,15)16/h11-13H,2-10H2,1H3. The molecule has 2 aliphatic rings. The Morgan fingerprint density at radius 2 is 2.06 bits per heavy atom. The molecule has 4 nitrogen and oxygen atoms in total. The van der Waals surface area contributed by atoms with E-state index in [9.17, 15) is 8.42 Å². The Morgan fingerprint density at radius 3 is 2.76 bits per heavy atom. The van der Waals surface area contributed by atoms with E-state index in [0.29, 0.717) is 11.8 Å². The normalized spacial score (nSPS) is 35.4. The Morgan fingerprint density at radius 1 is 1.24 bits per heavy atom. The largest absolute Gasteiger partial charge is 0.314 e. The van der Waals surface area contributed by atoms with Crippen LogP contribution >= 0.6 is 0 Å². The number of sulfone groups is 1. The lowest BCUT2D eigenvalue weighted by Crippen LogP contribution is -2.42. The number of hydrogen-bond donors (Lipinski definition) is 1. The zero-order valence-corrected chi connectivity index (χ0v) is 11.5. The van der Waals surface area contributed by atoms with Gasteiger partial charge in [-0.1, -0.05) is 0 Å². The minimum atomic E-state index is -2.78. The van der Waals surface area contributed by atoms with Crippen LogP contribution in [0.25, 0.3) is 0 Å². The maximum Gasteiger partial charge on any atom is 0.154 e. The molecule has 0 amide bonds. The van der Waals surface area contributed by atoms with Crippen molar-refractivity contribution in [1.82, 2.24) is 10.2 Å². The molecule has 0 aromatic carbocycles. The van der Waals surface area contributed by atoms with Crippen LogP contribution in [0.15, 0.2) is 0 Å². The van der Waals surface area contributed by atoms with E-state index in [1.165, 1.54) is 0 Å². The van der Waals surface area contributed by atoms with Gasteiger partial charge >= 0.3 is 0 Å². The third-order valence-electron chi connectivity index (χ3n) is 3.95. The Hall–Kier alpha value is -0.130. The average molecular weight is 260 g/mol. The van der Waals surface area contributed by atoms with Crippen molar-refractivity contribution in [3.8, 4) is 0 Å². The second-order valence-electron chi connectivity index (χ2n) is 5.43. The minimum Gasteiger partial charge on any atom is -0.314 e. The Labute approximate surface area is 105 Å². The van der Waals surface area contributed by atoms with Crippen LogP contribution in [0.3, 0.4) is 0 Å². The molecular formula is C12H24N2O2S. The first kappa shape index (κ1) is 13.3. The highest BCUT2D eigenvalue weighted by molar-refractivity contribution is 7.92. The molecule has 1 N–H and O–H groups in total. The van der Waals surface area contributed by atoms with Crippen LogP contribution in [-0.2, 0) is 9.84 Å². The molecular weight excluding hydrogens is 236 g/mol. The SMILES string of the molecule is CC1CCN(CC2CCCS2(=O)=O)CCCN1. The van der Waals surface area contributed by atoms with Crippen LogP contribution in [0, 0.1) is 0 Å². The second-order valence-corrected chi connectivity index (χ2v) is 7.83. The van der Waals surface area contributed by atoms with Crippen molar-refractivity contribution in [1.29, 1.82) is 0 Å². The first-order chi connectivity index (χ1) is 8.08. The predicted octanol–water partition coefficient (Wildman–Crippen LogP) is 0.638. The van der Waals surface area contributed by atoms with E-state index < -0.39 is 9.84 Å². The molecule has 2 atom stereocenters. The van der Waals surface area contributed by atoms with Gasteiger partial charge in [0, 0.05) is 12.6 Å². The summed E-state index contributed by atoms with van der Waals surface area (Å²) in [4.78, 5) is 2.35. The van der Waals surface area contributed by atoms with Crippen molar-refractivity contribution in [2.24, 2.45) is 0 Å². The van der Waals surface area contributed by atoms with Gasteiger partial charge in [0.1, 0.15) is 0 Å². The lowest BCUT2D eigenvalue weighted by molar-refractivity contribution is 0.235. The van der Waals surface area contributed by atoms with Gasteiger partial charge in [-0.05, 0) is 52.2 Å². The number of nitrogens with zero attached hydrogens (tertiary/aromatic N) is 1. The summed E-state index contributed by atoms with van der Waals surface area (Å²) in [5, 5.41) is 3.38. The minimum absolute atomic E-state index is 0.0924. The Kier molecular flexibility index (Phi) is 4.44. The number of rotatable bonds is 2. The quantitative estimate of drug-likeness (QED) is 0.791. The first-order valence-electron chi connectivity index (χ1n) is 6.75. The molecule has 0 aliphatic carbocycles. The van der Waals surface area contributed by atoms with Crippen LogP contribution in [0.1, 0.15) is 32.6 Å². The molecule has 5 heteroatoms. The van der Waals surface area contributed by atoms with E-state index in [2.05, 4.69) is 17.1 Å². The molecule has 100 valence electrons. The summed E-state index contributed by atoms with van der Waals surface area (Å²) < 4.78 is 23.6. The van der Waals surface area contributed by atoms with Gasteiger partial charge in [0.15, 0.2) is 9.84 Å². The lowest BCUT2D eigenvalue weighted by atomic mass is 10.1. The topological polar surface area (TPSA) is 49.4 Å². The monoisotopic (exact) mass is 260 g/mol. The van der Waals surface area contributed by atoms with E-state index in [4.69, 9.17) is 0 Å². The lowest BCUT2D eigenvalue weighted by Gasteiger charge is -2.29. The fourth-order valence-electron chi connectivity index (χ4n) is 2.78. The van der Waals surface area contributed by atoms with E-state index >= 15 is 0 Å². The molecule has 0 radical (unpaired) electrons. The van der Waals surface area contributed by atoms with Crippen molar-refractivity contribution >= 4 is 9.84 Å². The Balaban J connectivity index is 1.88. The summed E-state index contributed by atoms with van der Waals surface area (Å²) in [7, 11) is -2.78. The van der Waals surface area contributed by atoms with Crippen molar-refractivity contribution in [3.05, 3.63) is 0 Å². The van der Waals surface area contributed by atoms with E-state index in [0.717, 1.165) is 51.9 Å². The van der Waals surface area contributed by atoms with Gasteiger partial charge in [0.25, 0.3) is 0 Å². The van der Waals surface area contributed by atoms with Crippen LogP contribution in [0.2, 0.25) is 0 Å². The van der Waals surface area contributed by atoms with Crippen molar-refractivity contribution < 1.29 is 8.42 Å². The molecule has 2 rings (SSSR count). The van der Waals surface area contributed by atoms with Crippen molar-refractivity contribution in [3.63, 3.8) is 0 Å². The molecule has 2 aliphatic heterocycles. The van der Waals surface area contributed by atoms with Gasteiger partial charge in [-0.3, -0.25) is 0 Å². The maximum absolute atomic E-state index is 11.8. The summed E-state index contributed by atoms with van der Waals surface area (Å²) in [5.74, 6) is 0.406. The highest BCUT2D eigenvalue weighted by Crippen LogP contribution is 2.21. The third-order valence-corrected chi connectivity index (χ3v) is 6.21. The molecule has 2 unspecified atom stereocenters. The molecule has 0 spiro atoms. The molecule has 0 saturated carbocycles. The summed E-state index contributed by atoms with van der Waals surface area (Å²) in [5.41, 5.74) is 0. The summed E-state index contributed by atoms with van der Waals surface area (Å²) in [6.45, 7) is 6.08. The highest BCUT2D eigenvalue weighted by Gasteiger charge is 2.32. The molecule has 0 aromatic rings. The fourth-order valence-corrected chi connectivity index (χ4v) is 4.64. The maximum atomic E-state index is 11.8. The van der Waals surface area contributed by atoms with Gasteiger partial charge in [0.2, 0.25) is 0 Å². The van der Waals surface area contributed by atoms with Gasteiger partial charge in [0.05, 0.1) is 11.0 Å². The zero-order chi connectivity index (χ0) is 12.3. The van der Waals surface area contributed by atoms with Crippen LogP contribution in [-0.4, -0.2) is 56.5 Å². The molecule has 2 saturated heterocycles. The highest BCUT2D eigenvalue weighted by atomic mass is 32.2. The predicted molar refractivity (Wildman–Crippen MR) is 69.9 cm³/mol. The second kappa shape index (κ2) is 5.67. The summed E-state index contributed by atoms with van der Waals surface area (Å²) >= 11 is 0. The molecule has 2 fully saturated rings. The van der Waals surface area contributed by atoms with E-state index in [1.807, 2.05) is 0 Å². The van der Waals surface area contributed by atoms with Crippen LogP contribution < -0.4 is 5.32 Å². The molecule has 0 aromatic heterocycles. The van der Waals surface area contributed by atoms with Gasteiger partial charge in [-0.15, -0.1) is 0 Å². The summed E-state index contributed by atoms with van der Waals surface area (Å²) in [6.07, 6.45) is 3.97. The summed E-state index contributed by atoms with van der Waals surface area (Å²) in [6, 6.07) is 0.554. The molecule has 0 bridgehead atoms. The van der Waals surface area contributed by atoms with Gasteiger partial charge < -0.3 is 10.2 Å². The van der Waals surface area contributed by atoms with Gasteiger partial charge in [-0.2, -0.15) is 0 Å². The van der Waals surface area contributed by atoms with E-state index in [1.54, 1.807) is 0 Å². The zero-order valence-electron chi connectivity index (χ0n) is 10.7. The van der Waals surface area contributed by atoms with Crippen LogP contribution in [0.4, 0.5) is 0 Å². The third kappa shape index (κ3) is 3.66. The fraction of sp³-hybridized carbons (Fsp3) is 1.00. The van der Waals surface area contributed by atoms with Crippen molar-refractivity contribution in [2.45, 2.75) is 43.9 Å². The van der Waals surface area contributed by atoms with E-state index in [-0.39, 0.29) is 5.25 Å². The average Bonchev–Trinajstić information content (AvgIpc) is 2.57. The van der Waals surface area contributed by atoms with Crippen molar-refractivity contribution in [2.75, 3.05) is 31.9 Å². The Bertz CT molecular complexity index is 342. The van der Waals surface area contributed by atoms with Gasteiger partial charge in [-0.25, -0.2) is 8.42 Å². The number of hydrogen-bond acceptors (Lipinski definition) is 4. The molecule has 2 heterocycles. The van der Waals surface area contributed by atoms with Crippen LogP contribution in [0.5, 0.6) is 0 Å². The number of nitrogens with one attached hydrogen (secondary N) is 1. The molecule has 17 heavy (non-hydrogen) atoms. The first-order valence-corrected chi connectivity index (χ1v) is 8.47.